The van der Waals surface area contributed by atoms with Gasteiger partial charge in [-0.15, -0.1) is 0 Å². The van der Waals surface area contributed by atoms with Crippen molar-refractivity contribution in [1.29, 1.82) is 0 Å². The third-order valence-electron chi connectivity index (χ3n) is 4.71. The molecule has 3 aromatic rings. The maximum Gasteiger partial charge on any atom is 0.264 e. The standard InChI is InChI=1S/C24H26N2O5S/c1-3-30-17-18-31-22-13-9-19(10-14-22)24(27)25-20-11-15-23(16-12-20)32(28,29)26(2)21-7-5-4-6-8-21/h4-16H,3,17-18H2,1-2H3,(H,25,27). The number of nitrogens with zero attached hydrogens (tertiary/aromatic N) is 1. The molecule has 0 saturated carbocycles. The molecule has 0 aromatic heterocycles. The summed E-state index contributed by atoms with van der Waals surface area (Å²) in [6.07, 6.45) is 0. The van der Waals surface area contributed by atoms with Crippen molar-refractivity contribution in [1.82, 2.24) is 0 Å². The Balaban J connectivity index is 1.62. The van der Waals surface area contributed by atoms with Crippen LogP contribution in [0, 0.1) is 0 Å². The summed E-state index contributed by atoms with van der Waals surface area (Å²) in [5.74, 6) is 0.348. The molecular formula is C24H26N2O5S. The highest BCUT2D eigenvalue weighted by Crippen LogP contribution is 2.23. The summed E-state index contributed by atoms with van der Waals surface area (Å²) >= 11 is 0. The zero-order valence-corrected chi connectivity index (χ0v) is 18.8. The van der Waals surface area contributed by atoms with E-state index in [1.165, 1.54) is 23.5 Å². The fraction of sp³-hybridized carbons (Fsp3) is 0.208. The van der Waals surface area contributed by atoms with E-state index >= 15 is 0 Å². The van der Waals surface area contributed by atoms with Crippen LogP contribution in [0.5, 0.6) is 5.75 Å². The Labute approximate surface area is 188 Å². The summed E-state index contributed by atoms with van der Waals surface area (Å²) in [7, 11) is -2.20. The number of nitrogens with one attached hydrogen (secondary N) is 1. The summed E-state index contributed by atoms with van der Waals surface area (Å²) in [5, 5.41) is 2.77. The predicted octanol–water partition coefficient (Wildman–Crippen LogP) is 4.18. The smallest absolute Gasteiger partial charge is 0.264 e. The molecule has 0 atom stereocenters. The first-order valence-electron chi connectivity index (χ1n) is 10.2. The number of amides is 1. The molecule has 0 heterocycles. The molecule has 1 N–H and O–H groups in total. The highest BCUT2D eigenvalue weighted by Gasteiger charge is 2.21. The fourth-order valence-corrected chi connectivity index (χ4v) is 4.11. The van der Waals surface area contributed by atoms with E-state index < -0.39 is 10.0 Å². The van der Waals surface area contributed by atoms with Gasteiger partial charge in [0.1, 0.15) is 12.4 Å². The molecule has 3 aromatic carbocycles. The summed E-state index contributed by atoms with van der Waals surface area (Å²) in [5.41, 5.74) is 1.52. The molecule has 0 unspecified atom stereocenters. The summed E-state index contributed by atoms with van der Waals surface area (Å²) in [4.78, 5) is 12.6. The molecule has 0 aliphatic rings. The van der Waals surface area contributed by atoms with Gasteiger partial charge in [-0.3, -0.25) is 9.10 Å². The van der Waals surface area contributed by atoms with Crippen molar-refractivity contribution >= 4 is 27.3 Å². The van der Waals surface area contributed by atoms with E-state index in [1.54, 1.807) is 60.7 Å². The predicted molar refractivity (Wildman–Crippen MR) is 125 cm³/mol. The third-order valence-corrected chi connectivity index (χ3v) is 6.51. The molecule has 7 nitrogen and oxygen atoms in total. The van der Waals surface area contributed by atoms with Gasteiger partial charge in [0, 0.05) is 24.9 Å². The first kappa shape index (κ1) is 23.3. The minimum atomic E-state index is -3.71. The third kappa shape index (κ3) is 5.87. The highest BCUT2D eigenvalue weighted by molar-refractivity contribution is 7.92. The van der Waals surface area contributed by atoms with Gasteiger partial charge in [-0.1, -0.05) is 18.2 Å². The maximum atomic E-state index is 12.8. The van der Waals surface area contributed by atoms with Crippen LogP contribution in [0.4, 0.5) is 11.4 Å². The monoisotopic (exact) mass is 454 g/mol. The number of anilines is 2. The van der Waals surface area contributed by atoms with Crippen LogP contribution in [0.3, 0.4) is 0 Å². The summed E-state index contributed by atoms with van der Waals surface area (Å²) in [6, 6.07) is 21.7. The van der Waals surface area contributed by atoms with Gasteiger partial charge in [0.15, 0.2) is 0 Å². The zero-order chi connectivity index (χ0) is 23.0. The van der Waals surface area contributed by atoms with E-state index in [2.05, 4.69) is 5.32 Å². The van der Waals surface area contributed by atoms with E-state index in [1.807, 2.05) is 13.0 Å². The number of hydrogen-bond acceptors (Lipinski definition) is 5. The largest absolute Gasteiger partial charge is 0.491 e. The van der Waals surface area contributed by atoms with E-state index in [9.17, 15) is 13.2 Å². The van der Waals surface area contributed by atoms with Crippen LogP contribution in [0.1, 0.15) is 17.3 Å². The van der Waals surface area contributed by atoms with Crippen LogP contribution in [0.2, 0.25) is 0 Å². The van der Waals surface area contributed by atoms with Crippen molar-refractivity contribution < 1.29 is 22.7 Å². The Bertz CT molecular complexity index is 1120. The minimum absolute atomic E-state index is 0.135. The normalized spacial score (nSPS) is 11.1. The minimum Gasteiger partial charge on any atom is -0.491 e. The topological polar surface area (TPSA) is 84.9 Å². The molecule has 0 aliphatic carbocycles. The molecule has 32 heavy (non-hydrogen) atoms. The number of ether oxygens (including phenoxy) is 2. The average Bonchev–Trinajstić information content (AvgIpc) is 2.82. The molecule has 0 saturated heterocycles. The number of benzene rings is 3. The zero-order valence-electron chi connectivity index (χ0n) is 18.0. The van der Waals surface area contributed by atoms with Gasteiger partial charge < -0.3 is 14.8 Å². The first-order chi connectivity index (χ1) is 15.4. The van der Waals surface area contributed by atoms with E-state index in [-0.39, 0.29) is 10.8 Å². The molecule has 0 bridgehead atoms. The second kappa shape index (κ2) is 10.8. The number of carbonyl (C=O) groups excluding carboxylic acids is 1. The van der Waals surface area contributed by atoms with Crippen LogP contribution in [-0.4, -0.2) is 41.2 Å². The lowest BCUT2D eigenvalue weighted by atomic mass is 10.2. The molecule has 0 radical (unpaired) electrons. The van der Waals surface area contributed by atoms with Crippen LogP contribution in [-0.2, 0) is 14.8 Å². The quantitative estimate of drug-likeness (QED) is 0.465. The van der Waals surface area contributed by atoms with Gasteiger partial charge in [-0.25, -0.2) is 8.42 Å². The number of carbonyl (C=O) groups is 1. The molecule has 8 heteroatoms. The van der Waals surface area contributed by atoms with Crippen LogP contribution in [0.25, 0.3) is 0 Å². The van der Waals surface area contributed by atoms with Crippen molar-refractivity contribution in [2.24, 2.45) is 0 Å². The number of para-hydroxylation sites is 1. The lowest BCUT2D eigenvalue weighted by Gasteiger charge is -2.19. The Morgan fingerprint density at radius 3 is 2.19 bits per heavy atom. The molecule has 0 fully saturated rings. The molecule has 168 valence electrons. The van der Waals surface area contributed by atoms with Crippen molar-refractivity contribution in [2.45, 2.75) is 11.8 Å². The molecule has 3 rings (SSSR count). The number of sulfonamides is 1. The summed E-state index contributed by atoms with van der Waals surface area (Å²) < 4.78 is 37.7. The van der Waals surface area contributed by atoms with Crippen molar-refractivity contribution in [3.05, 3.63) is 84.4 Å². The van der Waals surface area contributed by atoms with Gasteiger partial charge in [-0.2, -0.15) is 0 Å². The lowest BCUT2D eigenvalue weighted by Crippen LogP contribution is -2.26. The van der Waals surface area contributed by atoms with Crippen LogP contribution >= 0.6 is 0 Å². The molecule has 0 spiro atoms. The van der Waals surface area contributed by atoms with Crippen molar-refractivity contribution in [3.8, 4) is 5.75 Å². The molecule has 1 amide bonds. The second-order valence-corrected chi connectivity index (χ2v) is 8.83. The van der Waals surface area contributed by atoms with Crippen LogP contribution in [0.15, 0.2) is 83.8 Å². The maximum absolute atomic E-state index is 12.8. The van der Waals surface area contributed by atoms with E-state index in [0.717, 1.165) is 0 Å². The van der Waals surface area contributed by atoms with Gasteiger partial charge >= 0.3 is 0 Å². The number of hydrogen-bond donors (Lipinski definition) is 1. The van der Waals surface area contributed by atoms with E-state index in [4.69, 9.17) is 9.47 Å². The average molecular weight is 455 g/mol. The first-order valence-corrected chi connectivity index (χ1v) is 11.6. The van der Waals surface area contributed by atoms with E-state index in [0.29, 0.717) is 42.5 Å². The highest BCUT2D eigenvalue weighted by atomic mass is 32.2. The van der Waals surface area contributed by atoms with Crippen molar-refractivity contribution in [3.63, 3.8) is 0 Å². The lowest BCUT2D eigenvalue weighted by molar-refractivity contribution is 0.102. The number of rotatable bonds is 10. The van der Waals surface area contributed by atoms with Gasteiger partial charge in [0.2, 0.25) is 0 Å². The van der Waals surface area contributed by atoms with Crippen LogP contribution < -0.4 is 14.4 Å². The second-order valence-electron chi connectivity index (χ2n) is 6.86. The summed E-state index contributed by atoms with van der Waals surface area (Å²) in [6.45, 7) is 3.50. The van der Waals surface area contributed by atoms with Crippen molar-refractivity contribution in [2.75, 3.05) is 36.5 Å². The van der Waals surface area contributed by atoms with Gasteiger partial charge in [0.05, 0.1) is 17.2 Å². The Morgan fingerprint density at radius 1 is 0.906 bits per heavy atom. The fourth-order valence-electron chi connectivity index (χ4n) is 2.91. The Hall–Kier alpha value is -3.36. The Kier molecular flexibility index (Phi) is 7.86. The van der Waals surface area contributed by atoms with Gasteiger partial charge in [-0.05, 0) is 67.6 Å². The molecule has 0 aliphatic heterocycles. The SMILES string of the molecule is CCOCCOc1ccc(C(=O)Nc2ccc(S(=O)(=O)N(C)c3ccccc3)cc2)cc1. The Morgan fingerprint density at radius 2 is 1.56 bits per heavy atom. The molecular weight excluding hydrogens is 428 g/mol. The van der Waals surface area contributed by atoms with Gasteiger partial charge in [0.25, 0.3) is 15.9 Å².